The number of amides is 1. The number of hydrogen-bond donors (Lipinski definition) is 2. The van der Waals surface area contributed by atoms with Crippen molar-refractivity contribution in [2.75, 3.05) is 5.32 Å². The van der Waals surface area contributed by atoms with E-state index < -0.39 is 0 Å². The Labute approximate surface area is 151 Å². The molecule has 0 aliphatic heterocycles. The van der Waals surface area contributed by atoms with Crippen LogP contribution in [0.25, 0.3) is 10.9 Å². The van der Waals surface area contributed by atoms with E-state index >= 15 is 0 Å². The number of H-pyrrole nitrogens is 1. The van der Waals surface area contributed by atoms with Crippen LogP contribution >= 0.6 is 0 Å². The van der Waals surface area contributed by atoms with Crippen molar-refractivity contribution in [1.29, 1.82) is 0 Å². The second-order valence-corrected chi connectivity index (χ2v) is 6.61. The van der Waals surface area contributed by atoms with Gasteiger partial charge in [-0.2, -0.15) is 0 Å². The number of carbonyl (C=O) groups is 2. The molecule has 0 spiro atoms. The number of aromatic amines is 1. The predicted molar refractivity (Wildman–Crippen MR) is 101 cm³/mol. The molecule has 5 heteroatoms. The molecule has 1 aliphatic carbocycles. The van der Waals surface area contributed by atoms with E-state index in [2.05, 4.69) is 16.4 Å². The minimum atomic E-state index is -0.388. The molecule has 2 aromatic carbocycles. The second-order valence-electron chi connectivity index (χ2n) is 6.61. The van der Waals surface area contributed by atoms with E-state index in [-0.39, 0.29) is 11.9 Å². The van der Waals surface area contributed by atoms with Crippen molar-refractivity contribution >= 4 is 28.5 Å². The molecule has 1 amide bonds. The van der Waals surface area contributed by atoms with Crippen LogP contribution in [-0.2, 0) is 17.6 Å². The summed E-state index contributed by atoms with van der Waals surface area (Å²) in [5, 5.41) is 3.81. The molecule has 4 rings (SSSR count). The van der Waals surface area contributed by atoms with Gasteiger partial charge in [0.2, 0.25) is 5.91 Å². The largest absolute Gasteiger partial charge is 0.423 e. The molecule has 0 saturated heterocycles. The monoisotopic (exact) mass is 348 g/mol. The van der Waals surface area contributed by atoms with Gasteiger partial charge in [-0.3, -0.25) is 4.79 Å². The highest BCUT2D eigenvalue weighted by molar-refractivity contribution is 6.05. The van der Waals surface area contributed by atoms with Crippen LogP contribution in [0.2, 0.25) is 0 Å². The Bertz CT molecular complexity index is 986. The van der Waals surface area contributed by atoms with Crippen molar-refractivity contribution in [3.63, 3.8) is 0 Å². The van der Waals surface area contributed by atoms with Gasteiger partial charge in [0.05, 0.1) is 11.1 Å². The van der Waals surface area contributed by atoms with Crippen molar-refractivity contribution in [2.45, 2.75) is 32.6 Å². The number of hydrogen-bond acceptors (Lipinski definition) is 3. The molecule has 1 aromatic heterocycles. The molecule has 2 N–H and O–H groups in total. The summed E-state index contributed by atoms with van der Waals surface area (Å²) in [6.07, 6.45) is 4.46. The average Bonchev–Trinajstić information content (AvgIpc) is 3.01. The van der Waals surface area contributed by atoms with Crippen molar-refractivity contribution in [2.24, 2.45) is 0 Å². The van der Waals surface area contributed by atoms with Gasteiger partial charge in [-0.25, -0.2) is 4.79 Å². The molecule has 3 aromatic rings. The minimum absolute atomic E-state index is 0.142. The van der Waals surface area contributed by atoms with Crippen LogP contribution in [0, 0.1) is 0 Å². The van der Waals surface area contributed by atoms with Gasteiger partial charge in [0.15, 0.2) is 0 Å². The molecule has 0 radical (unpaired) electrons. The SMILES string of the molecule is CC(=O)Nc1ccc(OC(=O)c2cccc3c4c([nH]c23)CCCC4)cc1. The van der Waals surface area contributed by atoms with E-state index in [0.29, 0.717) is 17.0 Å². The lowest BCUT2D eigenvalue weighted by atomic mass is 9.95. The first-order chi connectivity index (χ1) is 12.6. The van der Waals surface area contributed by atoms with Crippen LogP contribution in [0.15, 0.2) is 42.5 Å². The number of fused-ring (bicyclic) bond motifs is 3. The van der Waals surface area contributed by atoms with E-state index in [0.717, 1.165) is 23.7 Å². The molecule has 1 aliphatic rings. The Morgan fingerprint density at radius 3 is 2.58 bits per heavy atom. The summed E-state index contributed by atoms with van der Waals surface area (Å²) in [5.74, 6) is -0.0870. The topological polar surface area (TPSA) is 71.2 Å². The summed E-state index contributed by atoms with van der Waals surface area (Å²) in [5.41, 5.74) is 4.64. The number of ether oxygens (including phenoxy) is 1. The predicted octanol–water partition coefficient (Wildman–Crippen LogP) is 4.22. The van der Waals surface area contributed by atoms with E-state index in [9.17, 15) is 9.59 Å². The third-order valence-electron chi connectivity index (χ3n) is 4.74. The number of carbonyl (C=O) groups excluding carboxylic acids is 2. The molecule has 0 unspecified atom stereocenters. The first-order valence-electron chi connectivity index (χ1n) is 8.84. The molecule has 0 bridgehead atoms. The van der Waals surface area contributed by atoms with Crippen LogP contribution in [-0.4, -0.2) is 16.9 Å². The van der Waals surface area contributed by atoms with Gasteiger partial charge in [0, 0.05) is 23.7 Å². The number of para-hydroxylation sites is 1. The smallest absolute Gasteiger partial charge is 0.345 e. The maximum atomic E-state index is 12.7. The van der Waals surface area contributed by atoms with Gasteiger partial charge in [-0.15, -0.1) is 0 Å². The fraction of sp³-hybridized carbons (Fsp3) is 0.238. The third kappa shape index (κ3) is 3.08. The fourth-order valence-electron chi connectivity index (χ4n) is 3.57. The fourth-order valence-corrected chi connectivity index (χ4v) is 3.57. The number of nitrogens with one attached hydrogen (secondary N) is 2. The summed E-state index contributed by atoms with van der Waals surface area (Å²) in [4.78, 5) is 27.2. The first-order valence-corrected chi connectivity index (χ1v) is 8.84. The average molecular weight is 348 g/mol. The Balaban J connectivity index is 1.60. The molecule has 132 valence electrons. The van der Waals surface area contributed by atoms with E-state index in [1.165, 1.54) is 31.0 Å². The highest BCUT2D eigenvalue weighted by Crippen LogP contribution is 2.31. The van der Waals surface area contributed by atoms with Gasteiger partial charge in [0.1, 0.15) is 5.75 Å². The molecule has 0 atom stereocenters. The van der Waals surface area contributed by atoms with Gasteiger partial charge in [0.25, 0.3) is 0 Å². The first kappa shape index (κ1) is 16.4. The molecule has 1 heterocycles. The van der Waals surface area contributed by atoms with Gasteiger partial charge in [-0.05, 0) is 61.6 Å². The Hall–Kier alpha value is -3.08. The summed E-state index contributed by atoms with van der Waals surface area (Å²) in [6.45, 7) is 1.45. The number of benzene rings is 2. The lowest BCUT2D eigenvalue weighted by Gasteiger charge is -2.10. The third-order valence-corrected chi connectivity index (χ3v) is 4.74. The number of anilines is 1. The standard InChI is InChI=1S/C21H20N2O3/c1-13(24)22-14-9-11-15(12-10-14)26-21(25)18-7-4-6-17-16-5-2-3-8-19(16)23-20(17)18/h4,6-7,9-12,23H,2-3,5,8H2,1H3,(H,22,24). The van der Waals surface area contributed by atoms with Gasteiger partial charge < -0.3 is 15.0 Å². The minimum Gasteiger partial charge on any atom is -0.423 e. The maximum Gasteiger partial charge on any atom is 0.345 e. The zero-order valence-electron chi connectivity index (χ0n) is 14.6. The van der Waals surface area contributed by atoms with Crippen LogP contribution in [0.3, 0.4) is 0 Å². The zero-order valence-corrected chi connectivity index (χ0v) is 14.6. The summed E-state index contributed by atoms with van der Waals surface area (Å²) < 4.78 is 5.53. The maximum absolute atomic E-state index is 12.7. The molecule has 5 nitrogen and oxygen atoms in total. The second kappa shape index (κ2) is 6.67. The number of rotatable bonds is 3. The molecule has 26 heavy (non-hydrogen) atoms. The number of aromatic nitrogens is 1. The van der Waals surface area contributed by atoms with Crippen molar-refractivity contribution in [3.8, 4) is 5.75 Å². The van der Waals surface area contributed by atoms with Crippen molar-refractivity contribution < 1.29 is 14.3 Å². The van der Waals surface area contributed by atoms with E-state index in [1.54, 1.807) is 30.3 Å². The molecular weight excluding hydrogens is 328 g/mol. The highest BCUT2D eigenvalue weighted by atomic mass is 16.5. The Morgan fingerprint density at radius 1 is 1.04 bits per heavy atom. The zero-order chi connectivity index (χ0) is 18.1. The van der Waals surface area contributed by atoms with Crippen molar-refractivity contribution in [3.05, 3.63) is 59.3 Å². The van der Waals surface area contributed by atoms with Crippen LogP contribution < -0.4 is 10.1 Å². The Kier molecular flexibility index (Phi) is 4.21. The lowest BCUT2D eigenvalue weighted by Crippen LogP contribution is -2.09. The summed E-state index contributed by atoms with van der Waals surface area (Å²) in [6, 6.07) is 12.5. The van der Waals surface area contributed by atoms with Crippen LogP contribution in [0.5, 0.6) is 5.75 Å². The van der Waals surface area contributed by atoms with Gasteiger partial charge in [-0.1, -0.05) is 12.1 Å². The molecule has 0 fully saturated rings. The van der Waals surface area contributed by atoms with Crippen molar-refractivity contribution in [1.82, 2.24) is 4.98 Å². The van der Waals surface area contributed by atoms with E-state index in [4.69, 9.17) is 4.74 Å². The number of esters is 1. The van der Waals surface area contributed by atoms with Gasteiger partial charge >= 0.3 is 5.97 Å². The van der Waals surface area contributed by atoms with Crippen LogP contribution in [0.4, 0.5) is 5.69 Å². The van der Waals surface area contributed by atoms with E-state index in [1.807, 2.05) is 6.07 Å². The lowest BCUT2D eigenvalue weighted by molar-refractivity contribution is -0.114. The number of aryl methyl sites for hydroxylation is 2. The molecule has 0 saturated carbocycles. The molecular formula is C21H20N2O3. The highest BCUT2D eigenvalue weighted by Gasteiger charge is 2.20. The summed E-state index contributed by atoms with van der Waals surface area (Å²) >= 11 is 0. The Morgan fingerprint density at radius 2 is 1.81 bits per heavy atom. The quantitative estimate of drug-likeness (QED) is 0.550. The van der Waals surface area contributed by atoms with Crippen LogP contribution in [0.1, 0.15) is 41.4 Å². The normalized spacial score (nSPS) is 13.3. The summed E-state index contributed by atoms with van der Waals surface area (Å²) in [7, 11) is 0.